The minimum atomic E-state index is -0.348. The molecule has 0 atom stereocenters. The second-order valence-electron chi connectivity index (χ2n) is 7.14. The molecule has 4 aromatic rings. The summed E-state index contributed by atoms with van der Waals surface area (Å²) in [6.07, 6.45) is 0. The van der Waals surface area contributed by atoms with Crippen molar-refractivity contribution in [3.05, 3.63) is 82.4 Å². The number of nitrogens with zero attached hydrogens (tertiary/aromatic N) is 1. The molecule has 0 aliphatic rings. The topological polar surface area (TPSA) is 39.2 Å². The van der Waals surface area contributed by atoms with Crippen molar-refractivity contribution >= 4 is 27.8 Å². The summed E-state index contributed by atoms with van der Waals surface area (Å²) in [5.74, 6) is 0.284. The Hall–Kier alpha value is -3.20. The number of aromatic nitrogens is 1. The summed E-state index contributed by atoms with van der Waals surface area (Å²) in [6.45, 7) is 7.99. The smallest absolute Gasteiger partial charge is 0.344 e. The Morgan fingerprint density at radius 2 is 1.44 bits per heavy atom. The highest BCUT2D eigenvalue weighted by atomic mass is 16.5. The molecule has 0 aliphatic heterocycles. The van der Waals surface area contributed by atoms with Crippen LogP contribution in [0.4, 0.5) is 0 Å². The minimum absolute atomic E-state index is 0.348. The molecule has 0 saturated heterocycles. The number of carbonyl (C=O) groups is 1. The van der Waals surface area contributed by atoms with E-state index < -0.39 is 0 Å². The van der Waals surface area contributed by atoms with E-state index in [0.717, 1.165) is 44.1 Å². The zero-order chi connectivity index (χ0) is 19.1. The second kappa shape index (κ2) is 6.51. The zero-order valence-corrected chi connectivity index (χ0v) is 16.0. The Kier molecular flexibility index (Phi) is 4.15. The number of carbonyl (C=O) groups excluding carboxylic acids is 1. The van der Waals surface area contributed by atoms with Gasteiger partial charge in [0.1, 0.15) is 5.75 Å². The average molecular weight is 355 g/mol. The van der Waals surface area contributed by atoms with Crippen molar-refractivity contribution in [1.82, 2.24) is 4.98 Å². The van der Waals surface area contributed by atoms with Crippen molar-refractivity contribution in [3.63, 3.8) is 0 Å². The molecule has 27 heavy (non-hydrogen) atoms. The number of rotatable bonds is 2. The summed E-state index contributed by atoms with van der Waals surface area (Å²) in [7, 11) is 0. The summed E-state index contributed by atoms with van der Waals surface area (Å²) in [6, 6.07) is 17.7. The third-order valence-electron chi connectivity index (χ3n) is 4.84. The molecule has 1 heterocycles. The van der Waals surface area contributed by atoms with E-state index in [1.165, 1.54) is 0 Å². The number of fused-ring (bicyclic) bond motifs is 2. The number of esters is 1. The molecule has 4 rings (SSSR count). The molecule has 0 saturated carbocycles. The SMILES string of the molecule is Cc1cc(C)c(OC(=O)c2c3ccccc3nc3ccc(C)cc23)c(C)c1. The summed E-state index contributed by atoms with van der Waals surface area (Å²) in [5.41, 5.74) is 6.30. The minimum Gasteiger partial charge on any atom is -0.422 e. The predicted molar refractivity (Wildman–Crippen MR) is 110 cm³/mol. The van der Waals surface area contributed by atoms with Crippen LogP contribution in [0.1, 0.15) is 32.6 Å². The van der Waals surface area contributed by atoms with Crippen molar-refractivity contribution in [2.75, 3.05) is 0 Å². The van der Waals surface area contributed by atoms with Gasteiger partial charge >= 0.3 is 5.97 Å². The highest BCUT2D eigenvalue weighted by molar-refractivity contribution is 6.15. The maximum Gasteiger partial charge on any atom is 0.344 e. The van der Waals surface area contributed by atoms with Crippen molar-refractivity contribution < 1.29 is 9.53 Å². The van der Waals surface area contributed by atoms with Gasteiger partial charge in [0.2, 0.25) is 0 Å². The van der Waals surface area contributed by atoms with Crippen LogP contribution in [0.5, 0.6) is 5.75 Å². The van der Waals surface area contributed by atoms with Gasteiger partial charge in [0, 0.05) is 10.8 Å². The molecular formula is C24H21NO2. The molecule has 0 bridgehead atoms. The fourth-order valence-corrected chi connectivity index (χ4v) is 3.70. The Bertz CT molecular complexity index is 1180. The molecule has 0 amide bonds. The summed E-state index contributed by atoms with van der Waals surface area (Å²) in [4.78, 5) is 18.0. The molecule has 0 N–H and O–H groups in total. The van der Waals surface area contributed by atoms with Crippen molar-refractivity contribution in [1.29, 1.82) is 0 Å². The van der Waals surface area contributed by atoms with E-state index in [0.29, 0.717) is 11.3 Å². The normalized spacial score (nSPS) is 11.1. The monoisotopic (exact) mass is 355 g/mol. The molecule has 1 aromatic heterocycles. The lowest BCUT2D eigenvalue weighted by atomic mass is 10.0. The van der Waals surface area contributed by atoms with Crippen molar-refractivity contribution in [3.8, 4) is 5.75 Å². The van der Waals surface area contributed by atoms with Gasteiger partial charge in [0.25, 0.3) is 0 Å². The first-order valence-electron chi connectivity index (χ1n) is 9.03. The Morgan fingerprint density at radius 3 is 2.19 bits per heavy atom. The largest absolute Gasteiger partial charge is 0.422 e. The van der Waals surface area contributed by atoms with Crippen LogP contribution in [0.25, 0.3) is 21.8 Å². The van der Waals surface area contributed by atoms with Gasteiger partial charge in [-0.2, -0.15) is 0 Å². The molecule has 3 aromatic carbocycles. The first-order chi connectivity index (χ1) is 12.9. The number of benzene rings is 3. The molecule has 0 spiro atoms. The van der Waals surface area contributed by atoms with Crippen LogP contribution in [0.3, 0.4) is 0 Å². The van der Waals surface area contributed by atoms with E-state index >= 15 is 0 Å². The summed E-state index contributed by atoms with van der Waals surface area (Å²) in [5, 5.41) is 1.63. The van der Waals surface area contributed by atoms with Gasteiger partial charge in [-0.05, 0) is 57.0 Å². The lowest BCUT2D eigenvalue weighted by Gasteiger charge is -2.14. The molecule has 134 valence electrons. The van der Waals surface area contributed by atoms with Crippen LogP contribution in [0, 0.1) is 27.7 Å². The van der Waals surface area contributed by atoms with Gasteiger partial charge < -0.3 is 4.74 Å². The molecule has 3 heteroatoms. The van der Waals surface area contributed by atoms with Crippen LogP contribution in [0.2, 0.25) is 0 Å². The van der Waals surface area contributed by atoms with E-state index in [-0.39, 0.29) is 5.97 Å². The lowest BCUT2D eigenvalue weighted by Crippen LogP contribution is -2.12. The van der Waals surface area contributed by atoms with Gasteiger partial charge in [0.05, 0.1) is 16.6 Å². The van der Waals surface area contributed by atoms with E-state index in [4.69, 9.17) is 9.72 Å². The van der Waals surface area contributed by atoms with Crippen LogP contribution < -0.4 is 4.74 Å². The summed E-state index contributed by atoms with van der Waals surface area (Å²) >= 11 is 0. The lowest BCUT2D eigenvalue weighted by molar-refractivity contribution is 0.0736. The van der Waals surface area contributed by atoms with Gasteiger partial charge in [-0.3, -0.25) is 0 Å². The standard InChI is InChI=1S/C24H21NO2/c1-14-9-10-21-19(13-14)22(18-7-5-6-8-20(18)25-21)24(26)27-23-16(3)11-15(2)12-17(23)4/h5-13H,1-4H3. The van der Waals surface area contributed by atoms with Crippen molar-refractivity contribution in [2.45, 2.75) is 27.7 Å². The van der Waals surface area contributed by atoms with Crippen LogP contribution in [-0.2, 0) is 0 Å². The number of hydrogen-bond acceptors (Lipinski definition) is 3. The first kappa shape index (κ1) is 17.2. The fraction of sp³-hybridized carbons (Fsp3) is 0.167. The first-order valence-corrected chi connectivity index (χ1v) is 9.03. The van der Waals surface area contributed by atoms with E-state index in [9.17, 15) is 4.79 Å². The highest BCUT2D eigenvalue weighted by Crippen LogP contribution is 2.30. The third-order valence-corrected chi connectivity index (χ3v) is 4.84. The fourth-order valence-electron chi connectivity index (χ4n) is 3.70. The zero-order valence-electron chi connectivity index (χ0n) is 16.0. The number of pyridine rings is 1. The van der Waals surface area contributed by atoms with E-state index in [2.05, 4.69) is 0 Å². The van der Waals surface area contributed by atoms with Crippen LogP contribution in [0.15, 0.2) is 54.6 Å². The Balaban J connectivity index is 1.94. The molecule has 0 fully saturated rings. The Labute approximate surface area is 158 Å². The average Bonchev–Trinajstić information content (AvgIpc) is 2.62. The number of para-hydroxylation sites is 1. The molecular weight excluding hydrogens is 334 g/mol. The van der Waals surface area contributed by atoms with Crippen LogP contribution >= 0.6 is 0 Å². The highest BCUT2D eigenvalue weighted by Gasteiger charge is 2.20. The number of aryl methyl sites for hydroxylation is 4. The van der Waals surface area contributed by atoms with Gasteiger partial charge in [-0.1, -0.05) is 47.5 Å². The molecule has 0 unspecified atom stereocenters. The maximum atomic E-state index is 13.3. The van der Waals surface area contributed by atoms with Crippen molar-refractivity contribution in [2.24, 2.45) is 0 Å². The number of hydrogen-bond donors (Lipinski definition) is 0. The second-order valence-corrected chi connectivity index (χ2v) is 7.14. The summed E-state index contributed by atoms with van der Waals surface area (Å²) < 4.78 is 5.91. The van der Waals surface area contributed by atoms with Gasteiger partial charge in [0.15, 0.2) is 0 Å². The quantitative estimate of drug-likeness (QED) is 0.257. The molecule has 3 nitrogen and oxygen atoms in total. The van der Waals surface area contributed by atoms with E-state index in [1.54, 1.807) is 0 Å². The number of ether oxygens (including phenoxy) is 1. The van der Waals surface area contributed by atoms with E-state index in [1.807, 2.05) is 82.3 Å². The molecule has 0 aliphatic carbocycles. The maximum absolute atomic E-state index is 13.3. The van der Waals surface area contributed by atoms with Crippen LogP contribution in [-0.4, -0.2) is 11.0 Å². The van der Waals surface area contributed by atoms with Gasteiger partial charge in [-0.15, -0.1) is 0 Å². The third kappa shape index (κ3) is 3.06. The van der Waals surface area contributed by atoms with Gasteiger partial charge in [-0.25, -0.2) is 9.78 Å². The molecule has 0 radical (unpaired) electrons. The Morgan fingerprint density at radius 1 is 0.778 bits per heavy atom. The predicted octanol–water partition coefficient (Wildman–Crippen LogP) is 5.84.